The predicted octanol–water partition coefficient (Wildman–Crippen LogP) is 2.98. The number of aromatic amines is 1. The summed E-state index contributed by atoms with van der Waals surface area (Å²) in [6, 6.07) is 13.8. The molecule has 0 spiro atoms. The van der Waals surface area contributed by atoms with Crippen LogP contribution in [0.5, 0.6) is 5.88 Å². The topological polar surface area (TPSA) is 36.0 Å². The Labute approximate surface area is 81.2 Å². The van der Waals surface area contributed by atoms with Crippen LogP contribution in [-0.2, 0) is 0 Å². The van der Waals surface area contributed by atoms with E-state index in [1.54, 1.807) is 6.07 Å². The number of aromatic hydroxyl groups is 1. The number of pyridine rings is 1. The minimum atomic E-state index is 0.202. The maximum atomic E-state index is 9.30. The molecule has 68 valence electrons. The second kappa shape index (κ2) is 2.51. The molecule has 1 aromatic carbocycles. The van der Waals surface area contributed by atoms with Crippen LogP contribution < -0.4 is 0 Å². The van der Waals surface area contributed by atoms with E-state index in [-0.39, 0.29) is 5.88 Å². The van der Waals surface area contributed by atoms with Crippen molar-refractivity contribution in [1.29, 1.82) is 0 Å². The van der Waals surface area contributed by atoms with Crippen LogP contribution in [0.3, 0.4) is 0 Å². The zero-order valence-corrected chi connectivity index (χ0v) is 7.49. The molecular weight excluding hydrogens is 174 g/mol. The largest absolute Gasteiger partial charge is 0.495 e. The predicted molar refractivity (Wildman–Crippen MR) is 56.6 cm³/mol. The van der Waals surface area contributed by atoms with Crippen LogP contribution in [0.1, 0.15) is 0 Å². The first-order chi connectivity index (χ1) is 6.84. The third kappa shape index (κ3) is 0.909. The second-order valence-electron chi connectivity index (χ2n) is 3.40. The Balaban J connectivity index is 2.50. The fourth-order valence-electron chi connectivity index (χ4n) is 1.87. The van der Waals surface area contributed by atoms with E-state index < -0.39 is 0 Å². The average molecular weight is 183 g/mol. The summed E-state index contributed by atoms with van der Waals surface area (Å²) in [4.78, 5) is 2.93. The van der Waals surface area contributed by atoms with Crippen LogP contribution in [0.15, 0.2) is 42.5 Å². The highest BCUT2D eigenvalue weighted by molar-refractivity contribution is 6.01. The number of hydrogen-bond acceptors (Lipinski definition) is 1. The monoisotopic (exact) mass is 183 g/mol. The van der Waals surface area contributed by atoms with Gasteiger partial charge >= 0.3 is 0 Å². The van der Waals surface area contributed by atoms with E-state index in [2.05, 4.69) is 17.1 Å². The third-order valence-corrected chi connectivity index (χ3v) is 2.51. The molecule has 0 amide bonds. The molecule has 2 N–H and O–H groups in total. The van der Waals surface area contributed by atoms with Crippen molar-refractivity contribution in [3.63, 3.8) is 0 Å². The van der Waals surface area contributed by atoms with Gasteiger partial charge in [-0.15, -0.1) is 0 Å². The number of rotatable bonds is 0. The summed E-state index contributed by atoms with van der Waals surface area (Å²) in [5, 5.41) is 11.7. The van der Waals surface area contributed by atoms with Crippen molar-refractivity contribution in [2.45, 2.75) is 0 Å². The number of hydrogen-bond donors (Lipinski definition) is 2. The van der Waals surface area contributed by atoms with E-state index in [0.29, 0.717) is 0 Å². The number of fused-ring (bicyclic) bond motifs is 3. The molecule has 0 bridgehead atoms. The summed E-state index contributed by atoms with van der Waals surface area (Å²) in [7, 11) is 0. The zero-order valence-electron chi connectivity index (χ0n) is 7.49. The lowest BCUT2D eigenvalue weighted by atomic mass is 10.1. The molecule has 0 aromatic heterocycles. The molecular formula is C12H9NO. The molecule has 1 aromatic rings. The van der Waals surface area contributed by atoms with E-state index in [9.17, 15) is 5.11 Å². The Morgan fingerprint density at radius 3 is 2.79 bits per heavy atom. The van der Waals surface area contributed by atoms with Crippen molar-refractivity contribution < 1.29 is 5.11 Å². The summed E-state index contributed by atoms with van der Waals surface area (Å²) in [6.45, 7) is 0. The van der Waals surface area contributed by atoms with Gasteiger partial charge in [0.1, 0.15) is 0 Å². The molecule has 0 atom stereocenters. The van der Waals surface area contributed by atoms with Crippen LogP contribution in [0, 0.1) is 0 Å². The lowest BCUT2D eigenvalue weighted by Crippen LogP contribution is -1.79. The van der Waals surface area contributed by atoms with Gasteiger partial charge in [-0.05, 0) is 29.0 Å². The van der Waals surface area contributed by atoms with E-state index >= 15 is 0 Å². The molecule has 0 unspecified atom stereocenters. The molecule has 3 rings (SSSR count). The Hall–Kier alpha value is -1.96. The fraction of sp³-hybridized carbons (Fsp3) is 0. The highest BCUT2D eigenvalue weighted by atomic mass is 16.3. The van der Waals surface area contributed by atoms with Gasteiger partial charge in [0, 0.05) is 11.3 Å². The van der Waals surface area contributed by atoms with Crippen molar-refractivity contribution in [2.24, 2.45) is 0 Å². The summed E-state index contributed by atoms with van der Waals surface area (Å²) in [5.41, 5.74) is 2.13. The quantitative estimate of drug-likeness (QED) is 0.552. The first-order valence-corrected chi connectivity index (χ1v) is 4.54. The van der Waals surface area contributed by atoms with Crippen LogP contribution >= 0.6 is 0 Å². The molecule has 0 radical (unpaired) electrons. The van der Waals surface area contributed by atoms with Gasteiger partial charge in [0.25, 0.3) is 0 Å². The molecule has 1 heterocycles. The molecule has 0 saturated heterocycles. The third-order valence-electron chi connectivity index (χ3n) is 2.51. The first-order valence-electron chi connectivity index (χ1n) is 4.54. The van der Waals surface area contributed by atoms with E-state index in [1.165, 1.54) is 10.8 Å². The molecule has 1 aliphatic heterocycles. The summed E-state index contributed by atoms with van der Waals surface area (Å²) >= 11 is 0. The Morgan fingerprint density at radius 1 is 1.00 bits per heavy atom. The zero-order chi connectivity index (χ0) is 9.54. The number of benzene rings is 1. The van der Waals surface area contributed by atoms with Gasteiger partial charge in [-0.25, -0.2) is 0 Å². The smallest absolute Gasteiger partial charge is 0.188 e. The standard InChI is InChI=1S/C12H9NO/c14-12-6-5-10-9-4-2-1-3-8(9)7-11(10)13-12/h1-7,13-14H. The molecule has 14 heavy (non-hydrogen) atoms. The fourth-order valence-corrected chi connectivity index (χ4v) is 1.87. The van der Waals surface area contributed by atoms with Crippen molar-refractivity contribution in [3.05, 3.63) is 42.5 Å². The highest BCUT2D eigenvalue weighted by Gasteiger charge is 2.09. The number of H-pyrrole nitrogens is 1. The lowest BCUT2D eigenvalue weighted by molar-refractivity contribution is 0.454. The minimum Gasteiger partial charge on any atom is -0.495 e. The molecule has 0 saturated carbocycles. The molecule has 2 nitrogen and oxygen atoms in total. The normalized spacial score (nSPS) is 11.1. The Bertz CT molecular complexity index is 568. The van der Waals surface area contributed by atoms with Crippen molar-refractivity contribution in [3.8, 4) is 17.1 Å². The van der Waals surface area contributed by atoms with E-state index in [1.807, 2.05) is 24.3 Å². The van der Waals surface area contributed by atoms with E-state index in [4.69, 9.17) is 0 Å². The Kier molecular flexibility index (Phi) is 1.34. The summed E-state index contributed by atoms with van der Waals surface area (Å²) in [6.07, 6.45) is 0. The van der Waals surface area contributed by atoms with Crippen LogP contribution in [0.4, 0.5) is 0 Å². The van der Waals surface area contributed by atoms with Gasteiger partial charge in [-0.2, -0.15) is 0 Å². The second-order valence-corrected chi connectivity index (χ2v) is 3.40. The van der Waals surface area contributed by atoms with E-state index in [0.717, 1.165) is 11.3 Å². The molecule has 2 heteroatoms. The van der Waals surface area contributed by atoms with Crippen molar-refractivity contribution in [1.82, 2.24) is 4.98 Å². The van der Waals surface area contributed by atoms with Gasteiger partial charge in [0.05, 0.1) is 0 Å². The summed E-state index contributed by atoms with van der Waals surface area (Å²) in [5.74, 6) is 0.202. The van der Waals surface area contributed by atoms with Gasteiger partial charge in [-0.1, -0.05) is 24.3 Å². The van der Waals surface area contributed by atoms with Gasteiger partial charge in [0.15, 0.2) is 5.88 Å². The maximum Gasteiger partial charge on any atom is 0.188 e. The first kappa shape index (κ1) is 7.44. The van der Waals surface area contributed by atoms with Crippen LogP contribution in [-0.4, -0.2) is 10.1 Å². The van der Waals surface area contributed by atoms with Gasteiger partial charge in [0.2, 0.25) is 0 Å². The van der Waals surface area contributed by atoms with Crippen molar-refractivity contribution >= 4 is 10.8 Å². The van der Waals surface area contributed by atoms with Crippen LogP contribution in [0.2, 0.25) is 0 Å². The number of aromatic nitrogens is 1. The van der Waals surface area contributed by atoms with Crippen molar-refractivity contribution in [2.75, 3.05) is 0 Å². The van der Waals surface area contributed by atoms with Crippen LogP contribution in [0.25, 0.3) is 22.0 Å². The SMILES string of the molecule is Oc1ccc2c3ccccc3cc-2[nH]1. The van der Waals surface area contributed by atoms with Gasteiger partial charge in [-0.3, -0.25) is 0 Å². The Morgan fingerprint density at radius 2 is 1.86 bits per heavy atom. The lowest BCUT2D eigenvalue weighted by Gasteiger charge is -2.00. The summed E-state index contributed by atoms with van der Waals surface area (Å²) < 4.78 is 0. The molecule has 2 aliphatic rings. The van der Waals surface area contributed by atoms with Gasteiger partial charge < -0.3 is 10.1 Å². The highest BCUT2D eigenvalue weighted by Crippen LogP contribution is 2.33. The minimum absolute atomic E-state index is 0.202. The average Bonchev–Trinajstić information content (AvgIpc) is 2.54. The molecule has 1 aliphatic carbocycles. The number of nitrogens with one attached hydrogen (secondary N) is 1. The molecule has 0 fully saturated rings. The maximum absolute atomic E-state index is 9.30.